The van der Waals surface area contributed by atoms with Crippen LogP contribution in [0.2, 0.25) is 0 Å². The average Bonchev–Trinajstić information content (AvgIpc) is 2.96. The fourth-order valence-electron chi connectivity index (χ4n) is 4.02. The predicted molar refractivity (Wildman–Crippen MR) is 158 cm³/mol. The Bertz CT molecular complexity index is 1100. The first-order valence-electron chi connectivity index (χ1n) is 14.3. The van der Waals surface area contributed by atoms with Crippen molar-refractivity contribution in [1.29, 1.82) is 0 Å². The molecule has 43 heavy (non-hydrogen) atoms. The lowest BCUT2D eigenvalue weighted by molar-refractivity contribution is -0.143. The third-order valence-electron chi connectivity index (χ3n) is 6.76. The molecule has 0 spiro atoms. The zero-order chi connectivity index (χ0) is 32.7. The Morgan fingerprint density at radius 2 is 1.42 bits per heavy atom. The minimum Gasteiger partial charge on any atom is -0.480 e. The molecule has 1 aromatic carbocycles. The van der Waals surface area contributed by atoms with E-state index >= 15 is 0 Å². The van der Waals surface area contributed by atoms with E-state index in [9.17, 15) is 33.9 Å². The molecule has 1 aromatic rings. The molecule has 240 valence electrons. The first-order chi connectivity index (χ1) is 20.2. The predicted octanol–water partition coefficient (Wildman–Crippen LogP) is -1.20. The summed E-state index contributed by atoms with van der Waals surface area (Å²) in [5, 5.41) is 30.7. The Labute approximate surface area is 251 Å². The number of carboxylic acid groups (broad SMARTS) is 1. The number of hydrogen-bond acceptors (Lipinski definition) is 8. The third kappa shape index (κ3) is 13.2. The quantitative estimate of drug-likeness (QED) is 0.100. The van der Waals surface area contributed by atoms with Gasteiger partial charge in [-0.1, -0.05) is 64.4 Å². The van der Waals surface area contributed by atoms with E-state index in [1.165, 1.54) is 6.92 Å². The molecule has 14 nitrogen and oxygen atoms in total. The van der Waals surface area contributed by atoms with E-state index in [1.54, 1.807) is 6.92 Å². The zero-order valence-corrected chi connectivity index (χ0v) is 25.4. The van der Waals surface area contributed by atoms with Crippen molar-refractivity contribution >= 4 is 35.5 Å². The number of aliphatic hydroxyl groups is 1. The summed E-state index contributed by atoms with van der Waals surface area (Å²) in [6.07, 6.45) is 0.943. The smallest absolute Gasteiger partial charge is 0.328 e. The fourth-order valence-corrected chi connectivity index (χ4v) is 4.02. The molecule has 0 aliphatic heterocycles. The highest BCUT2D eigenvalue weighted by Crippen LogP contribution is 2.11. The van der Waals surface area contributed by atoms with E-state index in [1.807, 2.05) is 51.1 Å². The molecule has 1 rings (SSSR count). The van der Waals surface area contributed by atoms with Gasteiger partial charge in [-0.3, -0.25) is 24.0 Å². The van der Waals surface area contributed by atoms with Crippen molar-refractivity contribution in [2.75, 3.05) is 13.2 Å². The number of hydrogen-bond donors (Lipinski definition) is 8. The Kier molecular flexibility index (Phi) is 15.9. The summed E-state index contributed by atoms with van der Waals surface area (Å²) < 4.78 is 0. The summed E-state index contributed by atoms with van der Waals surface area (Å²) in [6.45, 7) is 7.33. The lowest BCUT2D eigenvalue weighted by Gasteiger charge is -2.28. The van der Waals surface area contributed by atoms with Gasteiger partial charge in [-0.25, -0.2) is 4.79 Å². The highest BCUT2D eigenvalue weighted by Gasteiger charge is 2.33. The molecule has 0 aliphatic carbocycles. The average molecular weight is 607 g/mol. The van der Waals surface area contributed by atoms with Crippen LogP contribution in [0.4, 0.5) is 0 Å². The molecule has 0 aromatic heterocycles. The number of nitrogens with two attached hydrogens (primary N) is 1. The summed E-state index contributed by atoms with van der Waals surface area (Å²) in [4.78, 5) is 74.9. The Morgan fingerprint density at radius 1 is 0.814 bits per heavy atom. The van der Waals surface area contributed by atoms with Crippen LogP contribution in [0.25, 0.3) is 0 Å². The molecule has 0 aliphatic rings. The normalized spacial score (nSPS) is 15.2. The number of aliphatic hydroxyl groups excluding tert-OH is 1. The van der Waals surface area contributed by atoms with Crippen LogP contribution >= 0.6 is 0 Å². The van der Waals surface area contributed by atoms with Gasteiger partial charge in [-0.05, 0) is 37.2 Å². The number of carbonyl (C=O) groups excluding carboxylic acids is 5. The van der Waals surface area contributed by atoms with Gasteiger partial charge in [-0.15, -0.1) is 0 Å². The highest BCUT2D eigenvalue weighted by molar-refractivity contribution is 5.95. The van der Waals surface area contributed by atoms with Crippen LogP contribution in [0.15, 0.2) is 30.3 Å². The monoisotopic (exact) mass is 606 g/mol. The van der Waals surface area contributed by atoms with Gasteiger partial charge in [0.2, 0.25) is 29.5 Å². The number of benzene rings is 1. The van der Waals surface area contributed by atoms with Crippen LogP contribution in [0.3, 0.4) is 0 Å². The van der Waals surface area contributed by atoms with E-state index in [0.717, 1.165) is 5.56 Å². The van der Waals surface area contributed by atoms with Gasteiger partial charge in [0.15, 0.2) is 0 Å². The summed E-state index contributed by atoms with van der Waals surface area (Å²) in [5.41, 5.74) is 6.79. The van der Waals surface area contributed by atoms with E-state index < -0.39 is 78.9 Å². The molecule has 5 amide bonds. The van der Waals surface area contributed by atoms with Gasteiger partial charge < -0.3 is 42.5 Å². The van der Waals surface area contributed by atoms with Gasteiger partial charge in [0.05, 0.1) is 19.2 Å². The SMILES string of the molecule is CC[C@H](C)[C@H](NC(=O)[C@H](C)NC(=O)CNC(=O)[C@@H](N)Cc1ccccc1)C(=O)N[C@@H](CC(C)C)C(=O)N[C@@H](CO)C(=O)O. The van der Waals surface area contributed by atoms with E-state index in [2.05, 4.69) is 26.6 Å². The summed E-state index contributed by atoms with van der Waals surface area (Å²) >= 11 is 0. The maximum Gasteiger partial charge on any atom is 0.328 e. The molecular weight excluding hydrogens is 560 g/mol. The van der Waals surface area contributed by atoms with Crippen LogP contribution in [0, 0.1) is 11.8 Å². The summed E-state index contributed by atoms with van der Waals surface area (Å²) in [5.74, 6) is -5.16. The van der Waals surface area contributed by atoms with Crippen molar-refractivity contribution < 1.29 is 39.0 Å². The second kappa shape index (κ2) is 18.5. The van der Waals surface area contributed by atoms with E-state index in [-0.39, 0.29) is 24.7 Å². The van der Waals surface area contributed by atoms with Crippen molar-refractivity contribution in [1.82, 2.24) is 26.6 Å². The molecule has 0 radical (unpaired) electrons. The van der Waals surface area contributed by atoms with Gasteiger partial charge in [-0.2, -0.15) is 0 Å². The number of rotatable bonds is 18. The lowest BCUT2D eigenvalue weighted by Crippen LogP contribution is -2.59. The maximum atomic E-state index is 13.3. The fraction of sp³-hybridized carbons (Fsp3) is 0.586. The molecule has 0 unspecified atom stereocenters. The summed E-state index contributed by atoms with van der Waals surface area (Å²) in [7, 11) is 0. The van der Waals surface area contributed by atoms with Crippen LogP contribution in [-0.4, -0.2) is 89.1 Å². The number of amides is 5. The molecule has 0 bridgehead atoms. The Hall–Kier alpha value is -4.04. The Balaban J connectivity index is 2.79. The first kappa shape index (κ1) is 37.0. The van der Waals surface area contributed by atoms with Gasteiger partial charge >= 0.3 is 5.97 Å². The van der Waals surface area contributed by atoms with Crippen LogP contribution < -0.4 is 32.3 Å². The van der Waals surface area contributed by atoms with E-state index in [0.29, 0.717) is 6.42 Å². The number of carbonyl (C=O) groups is 6. The van der Waals surface area contributed by atoms with Gasteiger partial charge in [0.1, 0.15) is 24.2 Å². The summed E-state index contributed by atoms with van der Waals surface area (Å²) in [6, 6.07) is 3.46. The number of carboxylic acids is 1. The number of nitrogens with one attached hydrogen (secondary N) is 5. The molecule has 6 atom stereocenters. The molecule has 9 N–H and O–H groups in total. The second-order valence-corrected chi connectivity index (χ2v) is 10.9. The van der Waals surface area contributed by atoms with Crippen LogP contribution in [0.5, 0.6) is 0 Å². The first-order valence-corrected chi connectivity index (χ1v) is 14.3. The van der Waals surface area contributed by atoms with E-state index in [4.69, 9.17) is 10.8 Å². The van der Waals surface area contributed by atoms with Crippen LogP contribution in [-0.2, 0) is 35.2 Å². The molecule has 0 saturated carbocycles. The Morgan fingerprint density at radius 3 is 1.95 bits per heavy atom. The molecular formula is C29H46N6O8. The van der Waals surface area contributed by atoms with Crippen molar-refractivity contribution in [3.63, 3.8) is 0 Å². The standard InChI is InChI=1S/C29H46N6O8/c1-6-17(4)24(28(41)33-21(12-16(2)3)27(40)34-22(15-36)29(42)43)35-25(38)18(5)32-23(37)14-31-26(39)20(30)13-19-10-8-7-9-11-19/h7-11,16-18,20-22,24,36H,6,12-15,30H2,1-5H3,(H,31,39)(H,32,37)(H,33,41)(H,34,40)(H,35,38)(H,42,43)/t17-,18-,20-,21-,22-,24-/m0/s1. The molecule has 14 heteroatoms. The molecule has 0 saturated heterocycles. The minimum atomic E-state index is -1.54. The molecule has 0 heterocycles. The van der Waals surface area contributed by atoms with Gasteiger partial charge in [0.25, 0.3) is 0 Å². The van der Waals surface area contributed by atoms with Crippen molar-refractivity contribution in [3.8, 4) is 0 Å². The highest BCUT2D eigenvalue weighted by atomic mass is 16.4. The largest absolute Gasteiger partial charge is 0.480 e. The van der Waals surface area contributed by atoms with Crippen LogP contribution in [0.1, 0.15) is 53.0 Å². The minimum absolute atomic E-state index is 0.0614. The van der Waals surface area contributed by atoms with Crippen molar-refractivity contribution in [3.05, 3.63) is 35.9 Å². The van der Waals surface area contributed by atoms with Crippen molar-refractivity contribution in [2.24, 2.45) is 17.6 Å². The second-order valence-electron chi connectivity index (χ2n) is 10.9. The topological polar surface area (TPSA) is 229 Å². The van der Waals surface area contributed by atoms with Crippen molar-refractivity contribution in [2.45, 2.75) is 84.1 Å². The zero-order valence-electron chi connectivity index (χ0n) is 25.4. The lowest BCUT2D eigenvalue weighted by atomic mass is 9.96. The molecule has 0 fully saturated rings. The number of aliphatic carboxylic acids is 1. The maximum absolute atomic E-state index is 13.3. The third-order valence-corrected chi connectivity index (χ3v) is 6.76. The van der Waals surface area contributed by atoms with Gasteiger partial charge in [0, 0.05) is 0 Å².